The second kappa shape index (κ2) is 9.60. The lowest BCUT2D eigenvalue weighted by atomic mass is 10.1. The summed E-state index contributed by atoms with van der Waals surface area (Å²) in [5.41, 5.74) is 0.0685. The van der Waals surface area contributed by atoms with Crippen LogP contribution < -0.4 is 20.3 Å². The summed E-state index contributed by atoms with van der Waals surface area (Å²) in [6.45, 7) is 1.79. The monoisotopic (exact) mass is 494 g/mol. The molecule has 1 atom stereocenters. The van der Waals surface area contributed by atoms with Crippen LogP contribution in [0.15, 0.2) is 53.0 Å². The van der Waals surface area contributed by atoms with Crippen molar-refractivity contribution >= 4 is 27.5 Å². The Balaban J connectivity index is 1.77. The fraction of sp³-hybridized carbons (Fsp3) is 0.250. The molecule has 3 aromatic rings. The summed E-state index contributed by atoms with van der Waals surface area (Å²) in [6.07, 6.45) is 2.90. The predicted molar refractivity (Wildman–Crippen MR) is 128 cm³/mol. The Kier molecular flexibility index (Phi) is 6.57. The summed E-state index contributed by atoms with van der Waals surface area (Å²) >= 11 is 0. The molecular formula is C24H22N4O6S. The highest BCUT2D eigenvalue weighted by Gasteiger charge is 2.30. The van der Waals surface area contributed by atoms with Crippen LogP contribution in [0.1, 0.15) is 17.5 Å². The Morgan fingerprint density at radius 3 is 2.60 bits per heavy atom. The van der Waals surface area contributed by atoms with Gasteiger partial charge in [0.15, 0.2) is 9.84 Å². The number of aryl methyl sites for hydroxylation is 1. The van der Waals surface area contributed by atoms with E-state index < -0.39 is 27.3 Å². The van der Waals surface area contributed by atoms with Crippen molar-refractivity contribution in [1.29, 1.82) is 5.26 Å². The van der Waals surface area contributed by atoms with E-state index in [1.54, 1.807) is 49.4 Å². The molecule has 1 aromatic carbocycles. The molecule has 0 saturated carbocycles. The van der Waals surface area contributed by atoms with E-state index in [9.17, 15) is 23.3 Å². The first kappa shape index (κ1) is 24.0. The summed E-state index contributed by atoms with van der Waals surface area (Å²) in [4.78, 5) is 30.6. The molecule has 180 valence electrons. The molecule has 0 unspecified atom stereocenters. The Bertz CT molecular complexity index is 1540. The van der Waals surface area contributed by atoms with Crippen molar-refractivity contribution in [2.75, 3.05) is 18.6 Å². The summed E-state index contributed by atoms with van der Waals surface area (Å²) in [5.74, 6) is -0.111. The topological polar surface area (TPSA) is 140 Å². The van der Waals surface area contributed by atoms with E-state index in [4.69, 9.17) is 9.47 Å². The second-order valence-electron chi connectivity index (χ2n) is 8.04. The maximum Gasteiger partial charge on any atom is 0.269 e. The smallest absolute Gasteiger partial charge is 0.269 e. The number of sulfone groups is 1. The fourth-order valence-corrected chi connectivity index (χ4v) is 5.39. The van der Waals surface area contributed by atoms with E-state index in [1.165, 1.54) is 17.7 Å². The van der Waals surface area contributed by atoms with E-state index in [1.807, 2.05) is 0 Å². The number of nitrogens with one attached hydrogen (secondary N) is 1. The summed E-state index contributed by atoms with van der Waals surface area (Å²) in [7, 11) is -1.69. The minimum Gasteiger partial charge on any atom is -0.497 e. The van der Waals surface area contributed by atoms with Crippen molar-refractivity contribution in [2.45, 2.75) is 19.4 Å². The van der Waals surface area contributed by atoms with Gasteiger partial charge < -0.3 is 14.8 Å². The van der Waals surface area contributed by atoms with Gasteiger partial charge in [-0.25, -0.2) is 8.42 Å². The average molecular weight is 495 g/mol. The molecule has 1 amide bonds. The standard InChI is InChI=1S/C24H22N4O6S/c1-15-4-3-10-28-21(15)27-23(34-19-7-5-18(33-2)6-8-19)20(24(28)30)12-16(13-25)22(29)26-17-9-11-35(31,32)14-17/h3-8,10,12,17H,9,11,14H2,1-2H3,(H,26,29)/b16-12-/t17-/m1/s1. The first-order valence-electron chi connectivity index (χ1n) is 10.7. The average Bonchev–Trinajstić information content (AvgIpc) is 3.18. The van der Waals surface area contributed by atoms with Gasteiger partial charge in [0.2, 0.25) is 5.88 Å². The largest absolute Gasteiger partial charge is 0.497 e. The zero-order valence-corrected chi connectivity index (χ0v) is 19.8. The highest BCUT2D eigenvalue weighted by Crippen LogP contribution is 2.26. The third-order valence-electron chi connectivity index (χ3n) is 5.54. The van der Waals surface area contributed by atoms with Gasteiger partial charge in [0.05, 0.1) is 18.6 Å². The van der Waals surface area contributed by atoms with Crippen molar-refractivity contribution in [1.82, 2.24) is 14.7 Å². The predicted octanol–water partition coefficient (Wildman–Crippen LogP) is 2.01. The number of ether oxygens (including phenoxy) is 2. The van der Waals surface area contributed by atoms with Crippen LogP contribution in [0.5, 0.6) is 17.4 Å². The minimum absolute atomic E-state index is 0.0291. The van der Waals surface area contributed by atoms with E-state index in [-0.39, 0.29) is 34.9 Å². The highest BCUT2D eigenvalue weighted by atomic mass is 32.2. The molecule has 2 aromatic heterocycles. The van der Waals surface area contributed by atoms with Crippen molar-refractivity contribution in [3.8, 4) is 23.4 Å². The number of benzene rings is 1. The van der Waals surface area contributed by atoms with Gasteiger partial charge in [-0.2, -0.15) is 10.2 Å². The first-order valence-corrected chi connectivity index (χ1v) is 12.5. The number of hydrogen-bond acceptors (Lipinski definition) is 8. The maximum absolute atomic E-state index is 13.4. The van der Waals surface area contributed by atoms with E-state index in [0.29, 0.717) is 17.1 Å². The molecule has 3 heterocycles. The molecule has 1 saturated heterocycles. The molecule has 10 nitrogen and oxygen atoms in total. The number of carbonyl (C=O) groups is 1. The number of amides is 1. The number of nitriles is 1. The quantitative estimate of drug-likeness (QED) is 0.405. The summed E-state index contributed by atoms with van der Waals surface area (Å²) in [5, 5.41) is 12.2. The maximum atomic E-state index is 13.4. The van der Waals surface area contributed by atoms with E-state index in [0.717, 1.165) is 11.6 Å². The lowest BCUT2D eigenvalue weighted by Crippen LogP contribution is -2.36. The van der Waals surface area contributed by atoms with Crippen molar-refractivity contribution in [2.24, 2.45) is 0 Å². The van der Waals surface area contributed by atoms with Gasteiger partial charge in [-0.05, 0) is 55.3 Å². The Morgan fingerprint density at radius 2 is 1.97 bits per heavy atom. The molecule has 11 heteroatoms. The zero-order chi connectivity index (χ0) is 25.2. The number of carbonyl (C=O) groups excluding carboxylic acids is 1. The fourth-order valence-electron chi connectivity index (χ4n) is 3.71. The third kappa shape index (κ3) is 5.17. The molecule has 1 aliphatic heterocycles. The van der Waals surface area contributed by atoms with E-state index in [2.05, 4.69) is 10.3 Å². The summed E-state index contributed by atoms with van der Waals surface area (Å²) in [6, 6.07) is 11.3. The number of methoxy groups -OCH3 is 1. The molecule has 0 bridgehead atoms. The van der Waals surface area contributed by atoms with Crippen LogP contribution in [0.3, 0.4) is 0 Å². The Morgan fingerprint density at radius 1 is 1.26 bits per heavy atom. The van der Waals surface area contributed by atoms with Gasteiger partial charge in [-0.1, -0.05) is 6.07 Å². The summed E-state index contributed by atoms with van der Waals surface area (Å²) < 4.78 is 35.7. The van der Waals surface area contributed by atoms with Crippen LogP contribution in [-0.2, 0) is 14.6 Å². The van der Waals surface area contributed by atoms with Gasteiger partial charge in [-0.15, -0.1) is 0 Å². The zero-order valence-electron chi connectivity index (χ0n) is 19.0. The number of aromatic nitrogens is 2. The van der Waals surface area contributed by atoms with Crippen LogP contribution in [0.2, 0.25) is 0 Å². The van der Waals surface area contributed by atoms with Gasteiger partial charge in [-0.3, -0.25) is 14.0 Å². The number of fused-ring (bicyclic) bond motifs is 1. The van der Waals surface area contributed by atoms with Crippen LogP contribution in [0.4, 0.5) is 0 Å². The molecule has 0 spiro atoms. The molecule has 35 heavy (non-hydrogen) atoms. The van der Waals surface area contributed by atoms with Crippen LogP contribution in [0.25, 0.3) is 11.7 Å². The Hall–Kier alpha value is -4.17. The van der Waals surface area contributed by atoms with Crippen molar-refractivity contribution in [3.05, 3.63) is 69.6 Å². The van der Waals surface area contributed by atoms with Gasteiger partial charge in [0, 0.05) is 12.2 Å². The van der Waals surface area contributed by atoms with Gasteiger partial charge in [0.1, 0.15) is 34.4 Å². The lowest BCUT2D eigenvalue weighted by molar-refractivity contribution is -0.117. The van der Waals surface area contributed by atoms with E-state index >= 15 is 0 Å². The van der Waals surface area contributed by atoms with Gasteiger partial charge in [0.25, 0.3) is 11.5 Å². The van der Waals surface area contributed by atoms with Crippen LogP contribution in [-0.4, -0.2) is 48.4 Å². The molecular weight excluding hydrogens is 472 g/mol. The Labute approximate surface area is 201 Å². The van der Waals surface area contributed by atoms with Crippen molar-refractivity contribution in [3.63, 3.8) is 0 Å². The third-order valence-corrected chi connectivity index (χ3v) is 7.31. The second-order valence-corrected chi connectivity index (χ2v) is 10.3. The normalized spacial score (nSPS) is 17.1. The number of rotatable bonds is 6. The number of pyridine rings is 1. The van der Waals surface area contributed by atoms with Gasteiger partial charge >= 0.3 is 0 Å². The molecule has 0 radical (unpaired) electrons. The molecule has 0 aliphatic carbocycles. The molecule has 1 aliphatic rings. The number of hydrogen-bond donors (Lipinski definition) is 1. The van der Waals surface area contributed by atoms with Crippen LogP contribution in [0, 0.1) is 18.3 Å². The minimum atomic E-state index is -3.22. The molecule has 1 N–H and O–H groups in total. The lowest BCUT2D eigenvalue weighted by Gasteiger charge is -2.13. The van der Waals surface area contributed by atoms with Crippen molar-refractivity contribution < 1.29 is 22.7 Å². The first-order chi connectivity index (χ1) is 16.7. The number of nitrogens with zero attached hydrogens (tertiary/aromatic N) is 3. The SMILES string of the molecule is COc1ccc(Oc2nc3c(C)cccn3c(=O)c2/C=C(/C#N)C(=O)N[C@@H]2CCS(=O)(=O)C2)cc1. The molecule has 4 rings (SSSR count). The molecule has 1 fully saturated rings. The highest BCUT2D eigenvalue weighted by molar-refractivity contribution is 7.91. The van der Waals surface area contributed by atoms with Crippen LogP contribution >= 0.6 is 0 Å².